The van der Waals surface area contributed by atoms with Crippen LogP contribution in [0, 0.1) is 0 Å². The molecular formula is C12H15F2NO2S2. The summed E-state index contributed by atoms with van der Waals surface area (Å²) in [7, 11) is -4.49. The second-order valence-corrected chi connectivity index (χ2v) is 7.76. The standard InChI is InChI=1S/C12H15F2NO2S2/c1-18-12(6-7-12)8-15-9-2-4-10(5-3-9)19(16,17)11(13)14/h2-5,11,15H,6-8H2,1H3. The first kappa shape index (κ1) is 14.6. The average Bonchev–Trinajstić information content (AvgIpc) is 3.17. The van der Waals surface area contributed by atoms with E-state index >= 15 is 0 Å². The van der Waals surface area contributed by atoms with Crippen LogP contribution in [0.2, 0.25) is 0 Å². The Hall–Kier alpha value is -0.820. The fourth-order valence-electron chi connectivity index (χ4n) is 1.72. The molecular weight excluding hydrogens is 292 g/mol. The van der Waals surface area contributed by atoms with Crippen molar-refractivity contribution in [2.24, 2.45) is 0 Å². The number of benzene rings is 1. The molecule has 2 rings (SSSR count). The van der Waals surface area contributed by atoms with Crippen LogP contribution in [-0.4, -0.2) is 31.7 Å². The van der Waals surface area contributed by atoms with E-state index in [-0.39, 0.29) is 9.64 Å². The van der Waals surface area contributed by atoms with E-state index in [4.69, 9.17) is 0 Å². The van der Waals surface area contributed by atoms with Crippen molar-refractivity contribution in [3.8, 4) is 0 Å². The van der Waals surface area contributed by atoms with Crippen molar-refractivity contribution in [2.75, 3.05) is 18.1 Å². The van der Waals surface area contributed by atoms with Crippen molar-refractivity contribution < 1.29 is 17.2 Å². The van der Waals surface area contributed by atoms with Gasteiger partial charge in [0.05, 0.1) is 4.90 Å². The number of rotatable bonds is 6. The van der Waals surface area contributed by atoms with E-state index in [2.05, 4.69) is 11.6 Å². The Kier molecular flexibility index (Phi) is 4.06. The number of sulfone groups is 1. The van der Waals surface area contributed by atoms with Gasteiger partial charge in [-0.15, -0.1) is 0 Å². The van der Waals surface area contributed by atoms with E-state index in [0.29, 0.717) is 0 Å². The lowest BCUT2D eigenvalue weighted by atomic mass is 10.3. The zero-order valence-electron chi connectivity index (χ0n) is 10.4. The van der Waals surface area contributed by atoms with Crippen molar-refractivity contribution in [3.05, 3.63) is 24.3 Å². The quantitative estimate of drug-likeness (QED) is 0.877. The van der Waals surface area contributed by atoms with Gasteiger partial charge in [-0.2, -0.15) is 20.5 Å². The largest absolute Gasteiger partial charge is 0.384 e. The van der Waals surface area contributed by atoms with Crippen LogP contribution in [0.3, 0.4) is 0 Å². The number of thioether (sulfide) groups is 1. The number of alkyl halides is 2. The van der Waals surface area contributed by atoms with Crippen LogP contribution >= 0.6 is 11.8 Å². The molecule has 106 valence electrons. The molecule has 0 radical (unpaired) electrons. The Morgan fingerprint density at radius 1 is 1.32 bits per heavy atom. The van der Waals surface area contributed by atoms with Crippen LogP contribution in [0.5, 0.6) is 0 Å². The number of hydrogen-bond acceptors (Lipinski definition) is 4. The molecule has 1 aliphatic carbocycles. The maximum atomic E-state index is 12.4. The summed E-state index contributed by atoms with van der Waals surface area (Å²) < 4.78 is 47.5. The van der Waals surface area contributed by atoms with Crippen LogP contribution in [0.25, 0.3) is 0 Å². The lowest BCUT2D eigenvalue weighted by Gasteiger charge is -2.14. The summed E-state index contributed by atoms with van der Waals surface area (Å²) >= 11 is 1.81. The Balaban J connectivity index is 2.03. The van der Waals surface area contributed by atoms with Gasteiger partial charge in [0.25, 0.3) is 0 Å². The summed E-state index contributed by atoms with van der Waals surface area (Å²) in [6.45, 7) is 0.801. The molecule has 0 aromatic heterocycles. The lowest BCUT2D eigenvalue weighted by Crippen LogP contribution is -2.17. The van der Waals surface area contributed by atoms with E-state index in [1.807, 2.05) is 11.8 Å². The number of anilines is 1. The van der Waals surface area contributed by atoms with Gasteiger partial charge in [-0.25, -0.2) is 8.42 Å². The maximum absolute atomic E-state index is 12.4. The van der Waals surface area contributed by atoms with Crippen LogP contribution < -0.4 is 5.32 Å². The van der Waals surface area contributed by atoms with Crippen LogP contribution in [0.1, 0.15) is 12.8 Å². The molecule has 1 aromatic rings. The molecule has 3 nitrogen and oxygen atoms in total. The lowest BCUT2D eigenvalue weighted by molar-refractivity contribution is 0.234. The predicted octanol–water partition coefficient (Wildman–Crippen LogP) is 2.99. The Morgan fingerprint density at radius 3 is 2.32 bits per heavy atom. The highest BCUT2D eigenvalue weighted by Crippen LogP contribution is 2.47. The van der Waals surface area contributed by atoms with Gasteiger partial charge >= 0.3 is 5.76 Å². The van der Waals surface area contributed by atoms with Gasteiger partial charge in [0.1, 0.15) is 0 Å². The summed E-state index contributed by atoms with van der Waals surface area (Å²) in [6, 6.07) is 5.46. The molecule has 0 bridgehead atoms. The minimum Gasteiger partial charge on any atom is -0.384 e. The normalized spacial score (nSPS) is 17.5. The summed E-state index contributed by atoms with van der Waals surface area (Å²) in [5, 5.41) is 3.20. The summed E-state index contributed by atoms with van der Waals surface area (Å²) in [5.41, 5.74) is 0.744. The highest BCUT2D eigenvalue weighted by molar-refractivity contribution is 8.00. The van der Waals surface area contributed by atoms with Gasteiger partial charge in [-0.05, 0) is 43.4 Å². The van der Waals surface area contributed by atoms with Crippen LogP contribution in [-0.2, 0) is 9.84 Å². The topological polar surface area (TPSA) is 46.2 Å². The Labute approximate surface area is 115 Å². The molecule has 7 heteroatoms. The van der Waals surface area contributed by atoms with Crippen molar-refractivity contribution in [3.63, 3.8) is 0 Å². The molecule has 0 aliphatic heterocycles. The summed E-state index contributed by atoms with van der Waals surface area (Å²) in [4.78, 5) is -0.348. The van der Waals surface area contributed by atoms with Gasteiger partial charge in [0.2, 0.25) is 9.84 Å². The molecule has 0 spiro atoms. The molecule has 1 saturated carbocycles. The first-order chi connectivity index (χ1) is 8.89. The van der Waals surface area contributed by atoms with Crippen molar-refractivity contribution in [2.45, 2.75) is 28.2 Å². The molecule has 0 unspecified atom stereocenters. The average molecular weight is 307 g/mol. The highest BCUT2D eigenvalue weighted by atomic mass is 32.2. The first-order valence-electron chi connectivity index (χ1n) is 5.81. The number of halogens is 2. The molecule has 0 amide bonds. The molecule has 1 aliphatic rings. The minimum atomic E-state index is -4.49. The molecule has 19 heavy (non-hydrogen) atoms. The number of nitrogens with one attached hydrogen (secondary N) is 1. The smallest absolute Gasteiger partial charge is 0.341 e. The summed E-state index contributed by atoms with van der Waals surface area (Å²) in [6.07, 6.45) is 4.39. The van der Waals surface area contributed by atoms with Crippen molar-refractivity contribution in [1.82, 2.24) is 0 Å². The van der Waals surface area contributed by atoms with E-state index in [0.717, 1.165) is 12.2 Å². The molecule has 0 heterocycles. The molecule has 0 atom stereocenters. The molecule has 0 saturated heterocycles. The minimum absolute atomic E-state index is 0.285. The monoisotopic (exact) mass is 307 g/mol. The zero-order chi connectivity index (χ0) is 14.1. The third kappa shape index (κ3) is 3.20. The Bertz CT molecular complexity index is 539. The van der Waals surface area contributed by atoms with Crippen molar-refractivity contribution >= 4 is 27.3 Å². The van der Waals surface area contributed by atoms with E-state index < -0.39 is 15.6 Å². The van der Waals surface area contributed by atoms with Gasteiger partial charge in [0.15, 0.2) is 0 Å². The van der Waals surface area contributed by atoms with E-state index in [1.165, 1.54) is 37.1 Å². The Morgan fingerprint density at radius 2 is 1.89 bits per heavy atom. The van der Waals surface area contributed by atoms with Gasteiger partial charge in [-0.1, -0.05) is 0 Å². The molecule has 1 aromatic carbocycles. The SMILES string of the molecule is CSC1(CNc2ccc(S(=O)(=O)C(F)F)cc2)CC1. The number of hydrogen-bond donors (Lipinski definition) is 1. The second-order valence-electron chi connectivity index (χ2n) is 4.57. The predicted molar refractivity (Wildman–Crippen MR) is 73.6 cm³/mol. The van der Waals surface area contributed by atoms with E-state index in [1.54, 1.807) is 0 Å². The maximum Gasteiger partial charge on any atom is 0.341 e. The molecule has 1 fully saturated rings. The van der Waals surface area contributed by atoms with E-state index in [9.17, 15) is 17.2 Å². The molecule has 1 N–H and O–H groups in total. The third-order valence-electron chi connectivity index (χ3n) is 3.27. The zero-order valence-corrected chi connectivity index (χ0v) is 12.0. The van der Waals surface area contributed by atoms with Gasteiger partial charge in [0, 0.05) is 17.0 Å². The first-order valence-corrected chi connectivity index (χ1v) is 8.58. The van der Waals surface area contributed by atoms with Crippen molar-refractivity contribution in [1.29, 1.82) is 0 Å². The highest BCUT2D eigenvalue weighted by Gasteiger charge is 2.41. The third-order valence-corrected chi connectivity index (χ3v) is 6.09. The fourth-order valence-corrected chi connectivity index (χ4v) is 3.17. The van der Waals surface area contributed by atoms with Crippen LogP contribution in [0.15, 0.2) is 29.2 Å². The van der Waals surface area contributed by atoms with Crippen LogP contribution in [0.4, 0.5) is 14.5 Å². The second kappa shape index (κ2) is 5.28. The fraction of sp³-hybridized carbons (Fsp3) is 0.500. The van der Waals surface area contributed by atoms with Gasteiger partial charge in [-0.3, -0.25) is 0 Å². The van der Waals surface area contributed by atoms with Gasteiger partial charge < -0.3 is 5.32 Å². The summed E-state index contributed by atoms with van der Waals surface area (Å²) in [5.74, 6) is -3.38.